The van der Waals surface area contributed by atoms with Crippen molar-refractivity contribution in [3.63, 3.8) is 0 Å². The molecule has 2 aliphatic rings. The third kappa shape index (κ3) is 3.70. The van der Waals surface area contributed by atoms with Gasteiger partial charge in [-0.15, -0.1) is 0 Å². The predicted molar refractivity (Wildman–Crippen MR) is 91.5 cm³/mol. The number of fused-ring (bicyclic) bond motifs is 1. The average molecular weight is 302 g/mol. The van der Waals surface area contributed by atoms with Gasteiger partial charge in [0.1, 0.15) is 0 Å². The Kier molecular flexibility index (Phi) is 4.86. The van der Waals surface area contributed by atoms with Crippen LogP contribution >= 0.6 is 0 Å². The zero-order valence-electron chi connectivity index (χ0n) is 14.3. The van der Waals surface area contributed by atoms with Gasteiger partial charge in [0.2, 0.25) is 0 Å². The van der Waals surface area contributed by atoms with Gasteiger partial charge in [-0.25, -0.2) is 0 Å². The Labute approximate surface area is 135 Å². The van der Waals surface area contributed by atoms with Crippen LogP contribution in [-0.2, 0) is 16.6 Å². The van der Waals surface area contributed by atoms with Crippen molar-refractivity contribution in [2.75, 3.05) is 39.4 Å². The van der Waals surface area contributed by atoms with Crippen LogP contribution in [0.5, 0.6) is 0 Å². The van der Waals surface area contributed by atoms with Crippen LogP contribution in [-0.4, -0.2) is 44.3 Å². The number of ether oxygens (including phenoxy) is 1. The number of benzene rings is 1. The van der Waals surface area contributed by atoms with E-state index in [9.17, 15) is 0 Å². The van der Waals surface area contributed by atoms with Gasteiger partial charge in [0, 0.05) is 32.2 Å². The lowest BCUT2D eigenvalue weighted by Gasteiger charge is -2.27. The fourth-order valence-corrected chi connectivity index (χ4v) is 3.52. The second-order valence-corrected chi connectivity index (χ2v) is 7.66. The van der Waals surface area contributed by atoms with Crippen molar-refractivity contribution in [3.8, 4) is 0 Å². The summed E-state index contributed by atoms with van der Waals surface area (Å²) in [5, 5.41) is 3.76. The lowest BCUT2D eigenvalue weighted by atomic mass is 9.85. The molecular weight excluding hydrogens is 272 g/mol. The minimum atomic E-state index is 0.247. The van der Waals surface area contributed by atoms with Crippen molar-refractivity contribution >= 4 is 0 Å². The second kappa shape index (κ2) is 6.69. The van der Waals surface area contributed by atoms with E-state index in [0.29, 0.717) is 6.04 Å². The molecule has 1 heterocycles. The van der Waals surface area contributed by atoms with Crippen LogP contribution in [0, 0.1) is 0 Å². The fourth-order valence-electron chi connectivity index (χ4n) is 3.52. The molecule has 1 aromatic carbocycles. The molecule has 3 nitrogen and oxygen atoms in total. The molecule has 0 bridgehead atoms. The lowest BCUT2D eigenvalue weighted by Crippen LogP contribution is -2.40. The Balaban J connectivity index is 1.55. The summed E-state index contributed by atoms with van der Waals surface area (Å²) in [5.74, 6) is 0. The molecule has 0 unspecified atom stereocenters. The highest BCUT2D eigenvalue weighted by atomic mass is 16.5. The van der Waals surface area contributed by atoms with Gasteiger partial charge in [0.15, 0.2) is 0 Å². The molecule has 1 saturated heterocycles. The van der Waals surface area contributed by atoms with Crippen LogP contribution in [0.4, 0.5) is 0 Å². The molecule has 1 aliphatic carbocycles. The smallest absolute Gasteiger partial charge is 0.0594 e. The SMILES string of the molecule is CC(C)(C)c1ccc2c(c1)CC[C@H]2NCCN1CCOCC1. The van der Waals surface area contributed by atoms with Crippen LogP contribution in [0.2, 0.25) is 0 Å². The highest BCUT2D eigenvalue weighted by Crippen LogP contribution is 2.34. The number of nitrogens with one attached hydrogen (secondary N) is 1. The summed E-state index contributed by atoms with van der Waals surface area (Å²) in [5.41, 5.74) is 4.78. The van der Waals surface area contributed by atoms with E-state index in [-0.39, 0.29) is 5.41 Å². The third-order valence-electron chi connectivity index (χ3n) is 5.01. The number of hydrogen-bond donors (Lipinski definition) is 1. The summed E-state index contributed by atoms with van der Waals surface area (Å²) in [6, 6.07) is 7.65. The summed E-state index contributed by atoms with van der Waals surface area (Å²) in [7, 11) is 0. The summed E-state index contributed by atoms with van der Waals surface area (Å²) in [6.45, 7) is 13.0. The maximum atomic E-state index is 5.40. The molecule has 0 amide bonds. The van der Waals surface area contributed by atoms with Crippen molar-refractivity contribution in [1.82, 2.24) is 10.2 Å². The summed E-state index contributed by atoms with van der Waals surface area (Å²) in [4.78, 5) is 2.50. The van der Waals surface area contributed by atoms with Gasteiger partial charge in [-0.2, -0.15) is 0 Å². The summed E-state index contributed by atoms with van der Waals surface area (Å²) >= 11 is 0. The first-order valence-corrected chi connectivity index (χ1v) is 8.71. The summed E-state index contributed by atoms with van der Waals surface area (Å²) in [6.07, 6.45) is 2.46. The maximum Gasteiger partial charge on any atom is 0.0594 e. The van der Waals surface area contributed by atoms with Crippen LogP contribution in [0.3, 0.4) is 0 Å². The molecule has 0 aromatic heterocycles. The lowest BCUT2D eigenvalue weighted by molar-refractivity contribution is 0.0381. The molecule has 0 radical (unpaired) electrons. The second-order valence-electron chi connectivity index (χ2n) is 7.66. The van der Waals surface area contributed by atoms with Crippen LogP contribution < -0.4 is 5.32 Å². The highest BCUT2D eigenvalue weighted by Gasteiger charge is 2.24. The molecule has 0 spiro atoms. The first-order valence-electron chi connectivity index (χ1n) is 8.71. The minimum absolute atomic E-state index is 0.247. The molecule has 0 saturated carbocycles. The van der Waals surface area contributed by atoms with E-state index in [1.54, 1.807) is 5.56 Å². The van der Waals surface area contributed by atoms with Gasteiger partial charge in [-0.05, 0) is 34.9 Å². The predicted octanol–water partition coefficient (Wildman–Crippen LogP) is 2.89. The van der Waals surface area contributed by atoms with Crippen molar-refractivity contribution in [3.05, 3.63) is 34.9 Å². The Morgan fingerprint density at radius 2 is 2.00 bits per heavy atom. The number of aryl methyl sites for hydroxylation is 1. The zero-order chi connectivity index (χ0) is 15.6. The number of hydrogen-bond acceptors (Lipinski definition) is 3. The first-order chi connectivity index (χ1) is 10.5. The fraction of sp³-hybridized carbons (Fsp3) is 0.684. The van der Waals surface area contributed by atoms with Gasteiger partial charge in [0.25, 0.3) is 0 Å². The van der Waals surface area contributed by atoms with Gasteiger partial charge >= 0.3 is 0 Å². The molecule has 1 aliphatic heterocycles. The van der Waals surface area contributed by atoms with E-state index in [1.165, 1.54) is 24.0 Å². The first kappa shape index (κ1) is 16.0. The van der Waals surface area contributed by atoms with E-state index < -0.39 is 0 Å². The quantitative estimate of drug-likeness (QED) is 0.925. The van der Waals surface area contributed by atoms with E-state index >= 15 is 0 Å². The molecule has 1 aromatic rings. The zero-order valence-corrected chi connectivity index (χ0v) is 14.3. The maximum absolute atomic E-state index is 5.40. The molecule has 1 N–H and O–H groups in total. The molecule has 1 fully saturated rings. The third-order valence-corrected chi connectivity index (χ3v) is 5.01. The standard InChI is InChI=1S/C19H30N2O/c1-19(2,3)16-5-6-17-15(14-16)4-7-18(17)20-8-9-21-10-12-22-13-11-21/h5-6,14,18,20H,4,7-13H2,1-3H3/t18-/m1/s1. The van der Waals surface area contributed by atoms with Gasteiger partial charge in [0.05, 0.1) is 13.2 Å². The topological polar surface area (TPSA) is 24.5 Å². The Morgan fingerprint density at radius 3 is 2.73 bits per heavy atom. The van der Waals surface area contributed by atoms with Crippen LogP contribution in [0.15, 0.2) is 18.2 Å². The highest BCUT2D eigenvalue weighted by molar-refractivity contribution is 5.40. The average Bonchev–Trinajstić information content (AvgIpc) is 2.90. The van der Waals surface area contributed by atoms with E-state index in [2.05, 4.69) is 49.2 Å². The van der Waals surface area contributed by atoms with E-state index in [4.69, 9.17) is 4.74 Å². The molecule has 22 heavy (non-hydrogen) atoms. The monoisotopic (exact) mass is 302 g/mol. The number of nitrogens with zero attached hydrogens (tertiary/aromatic N) is 1. The Hall–Kier alpha value is -0.900. The van der Waals surface area contributed by atoms with E-state index in [0.717, 1.165) is 39.4 Å². The molecule has 1 atom stereocenters. The van der Waals surface area contributed by atoms with Crippen molar-refractivity contribution < 1.29 is 4.74 Å². The van der Waals surface area contributed by atoms with Gasteiger partial charge in [-0.3, -0.25) is 4.90 Å². The van der Waals surface area contributed by atoms with Gasteiger partial charge in [-0.1, -0.05) is 39.0 Å². The summed E-state index contributed by atoms with van der Waals surface area (Å²) < 4.78 is 5.40. The molecule has 3 heteroatoms. The van der Waals surface area contributed by atoms with Crippen molar-refractivity contribution in [1.29, 1.82) is 0 Å². The number of rotatable bonds is 4. The number of morpholine rings is 1. The molecular formula is C19H30N2O. The van der Waals surface area contributed by atoms with Crippen molar-refractivity contribution in [2.24, 2.45) is 0 Å². The minimum Gasteiger partial charge on any atom is -0.379 e. The van der Waals surface area contributed by atoms with E-state index in [1.807, 2.05) is 0 Å². The van der Waals surface area contributed by atoms with Crippen LogP contribution in [0.25, 0.3) is 0 Å². The molecule has 122 valence electrons. The Morgan fingerprint density at radius 1 is 1.23 bits per heavy atom. The largest absolute Gasteiger partial charge is 0.379 e. The van der Waals surface area contributed by atoms with Gasteiger partial charge < -0.3 is 10.1 Å². The Bertz CT molecular complexity index is 501. The molecule has 3 rings (SSSR count). The van der Waals surface area contributed by atoms with Crippen LogP contribution in [0.1, 0.15) is 49.9 Å². The normalized spacial score (nSPS) is 22.8. The van der Waals surface area contributed by atoms with Crippen molar-refractivity contribution in [2.45, 2.75) is 45.1 Å².